The fourth-order valence-electron chi connectivity index (χ4n) is 4.87. The highest BCUT2D eigenvalue weighted by Gasteiger charge is 2.57. The van der Waals surface area contributed by atoms with E-state index in [4.69, 9.17) is 4.42 Å². The molecule has 0 saturated carbocycles. The predicted molar refractivity (Wildman–Crippen MR) is 143 cm³/mol. The number of hydrogen-bond acceptors (Lipinski definition) is 9. The van der Waals surface area contributed by atoms with E-state index in [1.807, 2.05) is 6.07 Å². The molecule has 0 spiro atoms. The number of non-ortho nitro benzene ring substituents is 1. The van der Waals surface area contributed by atoms with Crippen LogP contribution < -0.4 is 15.1 Å². The highest BCUT2D eigenvalue weighted by atomic mass is 32.2. The largest absolute Gasteiger partial charge is 0.469 e. The number of nitro groups is 1. The summed E-state index contributed by atoms with van der Waals surface area (Å²) in [6.07, 6.45) is 1.45. The Hall–Kier alpha value is -4.49. The summed E-state index contributed by atoms with van der Waals surface area (Å²) in [5.41, 5.74) is 0.626. The van der Waals surface area contributed by atoms with Crippen LogP contribution in [0.15, 0.2) is 87.2 Å². The van der Waals surface area contributed by atoms with Crippen molar-refractivity contribution in [1.82, 2.24) is 4.57 Å². The number of aromatic nitrogens is 1. The summed E-state index contributed by atoms with van der Waals surface area (Å²) < 4.78 is 6.98. The number of nitrogens with zero attached hydrogens (tertiary/aromatic N) is 3. The van der Waals surface area contributed by atoms with Gasteiger partial charge in [-0.15, -0.1) is 0 Å². The highest BCUT2D eigenvalue weighted by molar-refractivity contribution is 8.00. The zero-order valence-corrected chi connectivity index (χ0v) is 21.5. The number of fused-ring (bicyclic) bond motifs is 2. The summed E-state index contributed by atoms with van der Waals surface area (Å²) in [6.45, 7) is -0.275. The highest BCUT2D eigenvalue weighted by Crippen LogP contribution is 2.54. The van der Waals surface area contributed by atoms with E-state index in [0.29, 0.717) is 21.4 Å². The number of rotatable bonds is 6. The van der Waals surface area contributed by atoms with Crippen LogP contribution in [0.5, 0.6) is 0 Å². The molecule has 3 atom stereocenters. The van der Waals surface area contributed by atoms with Gasteiger partial charge < -0.3 is 9.73 Å². The number of carbonyl (C=O) groups excluding carboxylic acids is 3. The van der Waals surface area contributed by atoms with Crippen molar-refractivity contribution in [3.63, 3.8) is 0 Å². The maximum absolute atomic E-state index is 13.7. The smallest absolute Gasteiger partial charge is 0.308 e. The molecule has 2 aliphatic heterocycles. The molecule has 39 heavy (non-hydrogen) atoms. The summed E-state index contributed by atoms with van der Waals surface area (Å²) in [5, 5.41) is 13.4. The topological polar surface area (TPSA) is 145 Å². The second kappa shape index (κ2) is 9.67. The van der Waals surface area contributed by atoms with E-state index in [9.17, 15) is 29.3 Å². The molecule has 11 nitrogen and oxygen atoms in total. The quantitative estimate of drug-likeness (QED) is 0.212. The maximum Gasteiger partial charge on any atom is 0.308 e. The van der Waals surface area contributed by atoms with Gasteiger partial charge in [0.25, 0.3) is 5.69 Å². The van der Waals surface area contributed by atoms with Crippen molar-refractivity contribution in [2.75, 3.05) is 10.2 Å². The van der Waals surface area contributed by atoms with Gasteiger partial charge in [-0.2, -0.15) is 0 Å². The van der Waals surface area contributed by atoms with Crippen LogP contribution in [0.3, 0.4) is 0 Å². The number of amides is 3. The van der Waals surface area contributed by atoms with E-state index in [1.165, 1.54) is 35.1 Å². The minimum atomic E-state index is -0.896. The van der Waals surface area contributed by atoms with Gasteiger partial charge in [-0.3, -0.25) is 33.9 Å². The van der Waals surface area contributed by atoms with Gasteiger partial charge in [0.05, 0.1) is 38.6 Å². The standard InChI is InChI=1S/C26H18N4O7S2/c31-18(27-14-5-2-1-3-6-14)13-28-25-22(39-26(28)34)19(17-7-4-12-37-17)20-21(38-25)24(33)29(23(20)32)15-8-10-16(11-9-15)30(35)36/h1-12,19-21H,13H2,(H,27,31). The van der Waals surface area contributed by atoms with Gasteiger partial charge in [-0.05, 0) is 36.4 Å². The van der Waals surface area contributed by atoms with Crippen molar-refractivity contribution >= 4 is 57.9 Å². The molecule has 13 heteroatoms. The number of carbonyl (C=O) groups is 3. The summed E-state index contributed by atoms with van der Waals surface area (Å²) in [7, 11) is 0. The van der Waals surface area contributed by atoms with Crippen LogP contribution in [-0.4, -0.2) is 32.5 Å². The molecular formula is C26H18N4O7S2. The first-order chi connectivity index (χ1) is 18.8. The summed E-state index contributed by atoms with van der Waals surface area (Å²) in [6, 6.07) is 17.3. The molecule has 4 aromatic rings. The lowest BCUT2D eigenvalue weighted by Gasteiger charge is -2.29. The number of imide groups is 1. The molecule has 1 fully saturated rings. The van der Waals surface area contributed by atoms with Crippen LogP contribution in [0, 0.1) is 16.0 Å². The summed E-state index contributed by atoms with van der Waals surface area (Å²) in [4.78, 5) is 64.9. The van der Waals surface area contributed by atoms with Gasteiger partial charge in [0.15, 0.2) is 0 Å². The van der Waals surface area contributed by atoms with Gasteiger partial charge in [-0.25, -0.2) is 4.90 Å². The fourth-order valence-corrected chi connectivity index (χ4v) is 7.63. The van der Waals surface area contributed by atoms with E-state index < -0.39 is 39.7 Å². The molecule has 3 amide bonds. The van der Waals surface area contributed by atoms with Crippen LogP contribution >= 0.6 is 23.1 Å². The van der Waals surface area contributed by atoms with Crippen molar-refractivity contribution in [2.45, 2.75) is 22.7 Å². The van der Waals surface area contributed by atoms with Crippen molar-refractivity contribution < 1.29 is 23.7 Å². The first-order valence-corrected chi connectivity index (χ1v) is 13.4. The Balaban J connectivity index is 1.38. The first kappa shape index (κ1) is 24.8. The minimum Gasteiger partial charge on any atom is -0.469 e. The van der Waals surface area contributed by atoms with E-state index in [2.05, 4.69) is 5.32 Å². The Labute approximate surface area is 228 Å². The van der Waals surface area contributed by atoms with E-state index in [-0.39, 0.29) is 22.8 Å². The van der Waals surface area contributed by atoms with Crippen LogP contribution in [0.4, 0.5) is 17.1 Å². The number of anilines is 2. The lowest BCUT2D eigenvalue weighted by Crippen LogP contribution is -2.32. The fraction of sp³-hybridized carbons (Fsp3) is 0.154. The molecule has 2 aromatic carbocycles. The SMILES string of the molecule is O=C(Cn1c2c(sc1=O)C(c1ccco1)C1C(=O)N(c3ccc([N+](=O)[O-])cc3)C(=O)C1S2)Nc1ccccc1. The summed E-state index contributed by atoms with van der Waals surface area (Å²) >= 11 is 1.99. The van der Waals surface area contributed by atoms with Crippen LogP contribution in [0.2, 0.25) is 0 Å². The number of nitrogens with one attached hydrogen (secondary N) is 1. The molecule has 3 unspecified atom stereocenters. The van der Waals surface area contributed by atoms with Crippen LogP contribution in [-0.2, 0) is 20.9 Å². The molecule has 6 rings (SSSR count). The van der Waals surface area contributed by atoms with Crippen molar-refractivity contribution in [3.8, 4) is 0 Å². The molecule has 2 aliphatic rings. The van der Waals surface area contributed by atoms with Gasteiger partial charge in [0.1, 0.15) is 17.6 Å². The number of para-hydroxylation sites is 1. The van der Waals surface area contributed by atoms with Crippen molar-refractivity contribution in [2.24, 2.45) is 5.92 Å². The molecule has 0 aliphatic carbocycles. The van der Waals surface area contributed by atoms with E-state index in [1.54, 1.807) is 36.4 Å². The average Bonchev–Trinajstić information content (AvgIpc) is 3.62. The number of nitro benzene ring substituents is 1. The second-order valence-electron chi connectivity index (χ2n) is 8.88. The number of thiazole rings is 1. The van der Waals surface area contributed by atoms with Crippen molar-refractivity contribution in [3.05, 3.63) is 103 Å². The summed E-state index contributed by atoms with van der Waals surface area (Å²) in [5.74, 6) is -2.60. The van der Waals surface area contributed by atoms with Crippen LogP contribution in [0.25, 0.3) is 0 Å². The number of hydrogen-bond donors (Lipinski definition) is 1. The minimum absolute atomic E-state index is 0.168. The molecule has 196 valence electrons. The third-order valence-electron chi connectivity index (χ3n) is 6.58. The molecule has 2 aromatic heterocycles. The molecule has 0 bridgehead atoms. The average molecular weight is 563 g/mol. The van der Waals surface area contributed by atoms with E-state index >= 15 is 0 Å². The van der Waals surface area contributed by atoms with Crippen molar-refractivity contribution in [1.29, 1.82) is 0 Å². The Kier molecular flexibility index (Phi) is 6.16. The predicted octanol–water partition coefficient (Wildman–Crippen LogP) is 3.85. The van der Waals surface area contributed by atoms with Gasteiger partial charge in [-0.1, -0.05) is 41.3 Å². The van der Waals surface area contributed by atoms with E-state index in [0.717, 1.165) is 28.0 Å². The molecule has 0 radical (unpaired) electrons. The Morgan fingerprint density at radius 2 is 1.74 bits per heavy atom. The third-order valence-corrected chi connectivity index (χ3v) is 9.18. The lowest BCUT2D eigenvalue weighted by atomic mass is 9.87. The number of benzene rings is 2. The molecular weight excluding hydrogens is 544 g/mol. The van der Waals surface area contributed by atoms with Gasteiger partial charge in [0, 0.05) is 17.8 Å². The number of thioether (sulfide) groups is 1. The molecule has 4 heterocycles. The zero-order valence-electron chi connectivity index (χ0n) is 19.9. The Morgan fingerprint density at radius 3 is 2.41 bits per heavy atom. The first-order valence-electron chi connectivity index (χ1n) is 11.7. The normalized spacial score (nSPS) is 20.0. The van der Waals surface area contributed by atoms with Crippen LogP contribution in [0.1, 0.15) is 16.6 Å². The molecule has 1 N–H and O–H groups in total. The Morgan fingerprint density at radius 1 is 1.00 bits per heavy atom. The zero-order chi connectivity index (χ0) is 27.3. The van der Waals surface area contributed by atoms with Gasteiger partial charge >= 0.3 is 4.87 Å². The Bertz CT molecular complexity index is 1660. The molecule has 1 saturated heterocycles. The third kappa shape index (κ3) is 4.25. The lowest BCUT2D eigenvalue weighted by molar-refractivity contribution is -0.384. The second-order valence-corrected chi connectivity index (χ2v) is 11.0. The monoisotopic (exact) mass is 562 g/mol. The van der Waals surface area contributed by atoms with Gasteiger partial charge in [0.2, 0.25) is 17.7 Å². The maximum atomic E-state index is 13.7. The number of furan rings is 1.